The molecule has 11 rings (SSSR count). The Morgan fingerprint density at radius 1 is 0.368 bits per heavy atom. The van der Waals surface area contributed by atoms with Gasteiger partial charge in [-0.3, -0.25) is 0 Å². The van der Waals surface area contributed by atoms with E-state index in [1.807, 2.05) is 0 Å². The predicted octanol–water partition coefficient (Wildman–Crippen LogP) is 15.0. The molecule has 1 aromatic heterocycles. The summed E-state index contributed by atoms with van der Waals surface area (Å²) in [5, 5.41) is 5.02. The second-order valence-electron chi connectivity index (χ2n) is 15.8. The monoisotopic (exact) mass is 728 g/mol. The van der Waals surface area contributed by atoms with E-state index in [4.69, 9.17) is 0 Å². The first-order valence-electron chi connectivity index (χ1n) is 19.8. The van der Waals surface area contributed by atoms with Crippen LogP contribution in [-0.4, -0.2) is 4.57 Å². The van der Waals surface area contributed by atoms with Crippen LogP contribution in [0.5, 0.6) is 0 Å². The van der Waals surface area contributed by atoms with Crippen LogP contribution < -0.4 is 4.90 Å². The van der Waals surface area contributed by atoms with Crippen LogP contribution in [-0.2, 0) is 5.41 Å². The average molecular weight is 729 g/mol. The highest BCUT2D eigenvalue weighted by atomic mass is 15.1. The van der Waals surface area contributed by atoms with E-state index in [0.29, 0.717) is 0 Å². The highest BCUT2D eigenvalue weighted by molar-refractivity contribution is 6.09. The number of nitrogens with zero attached hydrogens (tertiary/aromatic N) is 2. The second kappa shape index (κ2) is 13.0. The molecule has 1 aliphatic rings. The Morgan fingerprint density at radius 3 is 1.74 bits per heavy atom. The summed E-state index contributed by atoms with van der Waals surface area (Å²) >= 11 is 0. The Kier molecular flexibility index (Phi) is 7.55. The summed E-state index contributed by atoms with van der Waals surface area (Å²) in [7, 11) is 0. The molecule has 0 spiro atoms. The molecule has 1 aliphatic carbocycles. The summed E-state index contributed by atoms with van der Waals surface area (Å²) in [5.74, 6) is 0. The third kappa shape index (κ3) is 5.33. The van der Waals surface area contributed by atoms with Crippen LogP contribution in [0.15, 0.2) is 206 Å². The summed E-state index contributed by atoms with van der Waals surface area (Å²) in [6.45, 7) is 4.71. The molecule has 2 nitrogen and oxygen atoms in total. The molecule has 57 heavy (non-hydrogen) atoms. The highest BCUT2D eigenvalue weighted by Gasteiger charge is 2.35. The van der Waals surface area contributed by atoms with Gasteiger partial charge in [-0.1, -0.05) is 159 Å². The number of anilines is 3. The molecule has 0 unspecified atom stereocenters. The average Bonchev–Trinajstić information content (AvgIpc) is 3.72. The van der Waals surface area contributed by atoms with Gasteiger partial charge in [-0.25, -0.2) is 0 Å². The fraction of sp³-hybridized carbons (Fsp3) is 0.0545. The van der Waals surface area contributed by atoms with Gasteiger partial charge in [-0.2, -0.15) is 0 Å². The van der Waals surface area contributed by atoms with Gasteiger partial charge < -0.3 is 9.47 Å². The maximum Gasteiger partial charge on any atom is 0.0541 e. The van der Waals surface area contributed by atoms with E-state index >= 15 is 0 Å². The van der Waals surface area contributed by atoms with Gasteiger partial charge in [0.2, 0.25) is 0 Å². The lowest BCUT2D eigenvalue weighted by molar-refractivity contribution is 0.660. The van der Waals surface area contributed by atoms with Gasteiger partial charge in [0.1, 0.15) is 0 Å². The van der Waals surface area contributed by atoms with E-state index in [1.54, 1.807) is 0 Å². The molecule has 0 saturated heterocycles. The Balaban J connectivity index is 1.05. The van der Waals surface area contributed by atoms with E-state index in [2.05, 4.69) is 230 Å². The maximum atomic E-state index is 2.42. The molecule has 10 aromatic rings. The zero-order valence-corrected chi connectivity index (χ0v) is 32.0. The summed E-state index contributed by atoms with van der Waals surface area (Å²) in [4.78, 5) is 2.42. The molecule has 0 radical (unpaired) electrons. The fourth-order valence-corrected chi connectivity index (χ4v) is 9.36. The summed E-state index contributed by atoms with van der Waals surface area (Å²) in [6.07, 6.45) is 0. The molecule has 0 amide bonds. The van der Waals surface area contributed by atoms with Gasteiger partial charge >= 0.3 is 0 Å². The molecule has 2 heteroatoms. The van der Waals surface area contributed by atoms with Crippen molar-refractivity contribution in [1.82, 2.24) is 4.57 Å². The SMILES string of the molecule is CC1(C)c2ccccc2-c2ccc(N(c3ccc(-c4ccccc4-n4c5ccccc5c5ccccc54)cc3)c3cccc(-c4ccc5ccccc5c4)c3)cc21. The van der Waals surface area contributed by atoms with Crippen molar-refractivity contribution in [1.29, 1.82) is 0 Å². The number of fused-ring (bicyclic) bond motifs is 7. The molecule has 0 bridgehead atoms. The standard InChI is InChI=1S/C55H40N2/c1-55(2)50-22-9-5-19-46(50)47-33-32-44(36-51(47)55)56(43-17-13-16-40(35-43)41-27-26-37-14-3-4-15-39(37)34-41)42-30-28-38(29-31-42)45-18-6-10-23-52(45)57-53-24-11-7-20-48(53)49-21-8-12-25-54(49)57/h3-36H,1-2H3. The van der Waals surface area contributed by atoms with Crippen LogP contribution in [0.4, 0.5) is 17.1 Å². The number of rotatable bonds is 6. The Labute approximate surface area is 333 Å². The molecule has 0 atom stereocenters. The van der Waals surface area contributed by atoms with Crippen molar-refractivity contribution in [3.8, 4) is 39.1 Å². The van der Waals surface area contributed by atoms with Crippen LogP contribution in [0.2, 0.25) is 0 Å². The van der Waals surface area contributed by atoms with Crippen LogP contribution in [0, 0.1) is 0 Å². The molecule has 0 saturated carbocycles. The molecule has 0 N–H and O–H groups in total. The molecule has 0 aliphatic heterocycles. The van der Waals surface area contributed by atoms with Crippen LogP contribution in [0.1, 0.15) is 25.0 Å². The van der Waals surface area contributed by atoms with E-state index in [1.165, 1.54) is 82.8 Å². The van der Waals surface area contributed by atoms with Gasteiger partial charge in [-0.05, 0) is 110 Å². The lowest BCUT2D eigenvalue weighted by atomic mass is 9.82. The first-order valence-corrected chi connectivity index (χ1v) is 19.8. The van der Waals surface area contributed by atoms with Gasteiger partial charge in [0.05, 0.1) is 16.7 Å². The van der Waals surface area contributed by atoms with Gasteiger partial charge in [0.15, 0.2) is 0 Å². The smallest absolute Gasteiger partial charge is 0.0541 e. The topological polar surface area (TPSA) is 8.17 Å². The minimum atomic E-state index is -0.110. The van der Waals surface area contributed by atoms with Gasteiger partial charge in [-0.15, -0.1) is 0 Å². The summed E-state index contributed by atoms with van der Waals surface area (Å²) in [6, 6.07) is 75.7. The zero-order chi connectivity index (χ0) is 38.1. The largest absolute Gasteiger partial charge is 0.310 e. The highest BCUT2D eigenvalue weighted by Crippen LogP contribution is 2.51. The Morgan fingerprint density at radius 2 is 0.947 bits per heavy atom. The van der Waals surface area contributed by atoms with Crippen molar-refractivity contribution in [2.45, 2.75) is 19.3 Å². The number of para-hydroxylation sites is 3. The molecule has 1 heterocycles. The molecule has 0 fully saturated rings. The van der Waals surface area contributed by atoms with E-state index in [9.17, 15) is 0 Å². The van der Waals surface area contributed by atoms with Crippen LogP contribution in [0.25, 0.3) is 71.6 Å². The van der Waals surface area contributed by atoms with Crippen molar-refractivity contribution >= 4 is 49.6 Å². The second-order valence-corrected chi connectivity index (χ2v) is 15.8. The Hall–Kier alpha value is -7.16. The van der Waals surface area contributed by atoms with Crippen molar-refractivity contribution < 1.29 is 0 Å². The molecule has 9 aromatic carbocycles. The summed E-state index contributed by atoms with van der Waals surface area (Å²) < 4.78 is 2.42. The fourth-order valence-electron chi connectivity index (χ4n) is 9.36. The molecular formula is C55H40N2. The minimum absolute atomic E-state index is 0.110. The van der Waals surface area contributed by atoms with Gasteiger partial charge in [0, 0.05) is 38.8 Å². The summed E-state index contributed by atoms with van der Waals surface area (Å²) in [5.41, 5.74) is 17.0. The normalized spacial score (nSPS) is 12.9. The number of aromatic nitrogens is 1. The third-order valence-electron chi connectivity index (χ3n) is 12.2. The lowest BCUT2D eigenvalue weighted by Gasteiger charge is -2.28. The van der Waals surface area contributed by atoms with Crippen molar-refractivity contribution in [3.05, 3.63) is 217 Å². The van der Waals surface area contributed by atoms with E-state index < -0.39 is 0 Å². The quantitative estimate of drug-likeness (QED) is 0.165. The number of hydrogen-bond acceptors (Lipinski definition) is 1. The van der Waals surface area contributed by atoms with Crippen LogP contribution >= 0.6 is 0 Å². The molecular weight excluding hydrogens is 689 g/mol. The van der Waals surface area contributed by atoms with Gasteiger partial charge in [0.25, 0.3) is 0 Å². The number of hydrogen-bond donors (Lipinski definition) is 0. The van der Waals surface area contributed by atoms with Crippen molar-refractivity contribution in [3.63, 3.8) is 0 Å². The Bertz CT molecular complexity index is 3110. The zero-order valence-electron chi connectivity index (χ0n) is 32.0. The van der Waals surface area contributed by atoms with Crippen LogP contribution in [0.3, 0.4) is 0 Å². The van der Waals surface area contributed by atoms with E-state index in [-0.39, 0.29) is 5.41 Å². The van der Waals surface area contributed by atoms with E-state index in [0.717, 1.165) is 17.1 Å². The predicted molar refractivity (Wildman–Crippen MR) is 241 cm³/mol. The minimum Gasteiger partial charge on any atom is -0.310 e. The number of benzene rings is 9. The first kappa shape index (κ1) is 33.2. The van der Waals surface area contributed by atoms with Crippen molar-refractivity contribution in [2.75, 3.05) is 4.90 Å². The lowest BCUT2D eigenvalue weighted by Crippen LogP contribution is -2.16. The maximum absolute atomic E-state index is 2.42. The molecule has 270 valence electrons. The third-order valence-corrected chi connectivity index (χ3v) is 12.2. The van der Waals surface area contributed by atoms with Crippen molar-refractivity contribution in [2.24, 2.45) is 0 Å². The first-order chi connectivity index (χ1) is 28.0.